The smallest absolute Gasteiger partial charge is 0.410 e. The highest BCUT2D eigenvalue weighted by Crippen LogP contribution is 2.19. The van der Waals surface area contributed by atoms with Crippen LogP contribution in [0.4, 0.5) is 4.79 Å². The standard InChI is InChI=1S/C13H24N2O4/c1-13(2,3)19-12(18)15-7-4-10(5-8-15)11(17)14-6-9-16/h10,16H,4-9H2,1-3H3,(H,14,17). The van der Waals surface area contributed by atoms with Crippen molar-refractivity contribution in [2.45, 2.75) is 39.2 Å². The summed E-state index contributed by atoms with van der Waals surface area (Å²) < 4.78 is 5.29. The first-order chi connectivity index (χ1) is 8.83. The Morgan fingerprint density at radius 3 is 2.37 bits per heavy atom. The molecule has 2 N–H and O–H groups in total. The number of hydrogen-bond donors (Lipinski definition) is 2. The zero-order valence-electron chi connectivity index (χ0n) is 11.9. The molecule has 0 aromatic heterocycles. The molecular weight excluding hydrogens is 248 g/mol. The number of carbonyl (C=O) groups excluding carboxylic acids is 2. The number of nitrogens with one attached hydrogen (secondary N) is 1. The number of likely N-dealkylation sites (tertiary alicyclic amines) is 1. The topological polar surface area (TPSA) is 78.9 Å². The first-order valence-electron chi connectivity index (χ1n) is 6.70. The molecular formula is C13H24N2O4. The maximum atomic E-state index is 11.8. The van der Waals surface area contributed by atoms with Crippen molar-refractivity contribution in [3.8, 4) is 0 Å². The Balaban J connectivity index is 2.36. The SMILES string of the molecule is CC(C)(C)OC(=O)N1CCC(C(=O)NCCO)CC1. The molecule has 0 unspecified atom stereocenters. The zero-order chi connectivity index (χ0) is 14.5. The fourth-order valence-corrected chi connectivity index (χ4v) is 1.97. The first kappa shape index (κ1) is 15.8. The van der Waals surface area contributed by atoms with Gasteiger partial charge in [-0.25, -0.2) is 4.79 Å². The van der Waals surface area contributed by atoms with Crippen molar-refractivity contribution in [1.82, 2.24) is 10.2 Å². The quantitative estimate of drug-likeness (QED) is 0.794. The van der Waals surface area contributed by atoms with Gasteiger partial charge in [-0.15, -0.1) is 0 Å². The Hall–Kier alpha value is -1.30. The van der Waals surface area contributed by atoms with E-state index in [1.807, 2.05) is 20.8 Å². The summed E-state index contributed by atoms with van der Waals surface area (Å²) in [6, 6.07) is 0. The number of piperidine rings is 1. The Morgan fingerprint density at radius 2 is 1.89 bits per heavy atom. The van der Waals surface area contributed by atoms with Crippen LogP contribution in [0.15, 0.2) is 0 Å². The van der Waals surface area contributed by atoms with Crippen LogP contribution in [-0.4, -0.2) is 53.8 Å². The second-order valence-electron chi connectivity index (χ2n) is 5.76. The highest BCUT2D eigenvalue weighted by molar-refractivity contribution is 5.79. The van der Waals surface area contributed by atoms with Gasteiger partial charge >= 0.3 is 6.09 Å². The fourth-order valence-electron chi connectivity index (χ4n) is 1.97. The minimum absolute atomic E-state index is 0.0436. The van der Waals surface area contributed by atoms with E-state index in [1.165, 1.54) is 0 Å². The number of rotatable bonds is 3. The Labute approximate surface area is 114 Å². The molecule has 0 spiro atoms. The molecule has 0 bridgehead atoms. The van der Waals surface area contributed by atoms with E-state index < -0.39 is 5.60 Å². The number of amides is 2. The molecule has 0 aliphatic carbocycles. The monoisotopic (exact) mass is 272 g/mol. The lowest BCUT2D eigenvalue weighted by Crippen LogP contribution is -2.45. The molecule has 6 nitrogen and oxygen atoms in total. The summed E-state index contributed by atoms with van der Waals surface area (Å²) in [6.07, 6.45) is 0.953. The third kappa shape index (κ3) is 5.46. The number of hydrogen-bond acceptors (Lipinski definition) is 4. The molecule has 0 radical (unpaired) electrons. The second-order valence-corrected chi connectivity index (χ2v) is 5.76. The van der Waals surface area contributed by atoms with Gasteiger partial charge in [-0.05, 0) is 33.6 Å². The maximum Gasteiger partial charge on any atom is 0.410 e. The second kappa shape index (κ2) is 6.75. The molecule has 1 aliphatic rings. The van der Waals surface area contributed by atoms with E-state index in [1.54, 1.807) is 4.90 Å². The molecule has 6 heteroatoms. The minimum atomic E-state index is -0.494. The lowest BCUT2D eigenvalue weighted by atomic mass is 9.96. The minimum Gasteiger partial charge on any atom is -0.444 e. The van der Waals surface area contributed by atoms with Crippen molar-refractivity contribution in [3.05, 3.63) is 0 Å². The highest BCUT2D eigenvalue weighted by atomic mass is 16.6. The van der Waals surface area contributed by atoms with Gasteiger partial charge in [-0.3, -0.25) is 4.79 Å². The number of carbonyl (C=O) groups is 2. The van der Waals surface area contributed by atoms with Crippen LogP contribution in [0.1, 0.15) is 33.6 Å². The summed E-state index contributed by atoms with van der Waals surface area (Å²) in [5.74, 6) is -0.122. The van der Waals surface area contributed by atoms with Crippen LogP contribution in [-0.2, 0) is 9.53 Å². The van der Waals surface area contributed by atoms with E-state index in [9.17, 15) is 9.59 Å². The number of nitrogens with zero attached hydrogens (tertiary/aromatic N) is 1. The van der Waals surface area contributed by atoms with Crippen LogP contribution in [0.5, 0.6) is 0 Å². The van der Waals surface area contributed by atoms with Gasteiger partial charge in [-0.2, -0.15) is 0 Å². The molecule has 0 aromatic rings. The van der Waals surface area contributed by atoms with Crippen LogP contribution in [0.2, 0.25) is 0 Å². The Morgan fingerprint density at radius 1 is 1.32 bits per heavy atom. The van der Waals surface area contributed by atoms with Crippen LogP contribution in [0, 0.1) is 5.92 Å². The molecule has 1 heterocycles. The predicted molar refractivity (Wildman–Crippen MR) is 70.6 cm³/mol. The third-order valence-electron chi connectivity index (χ3n) is 2.93. The predicted octanol–water partition coefficient (Wildman–Crippen LogP) is 0.742. The molecule has 110 valence electrons. The lowest BCUT2D eigenvalue weighted by molar-refractivity contribution is -0.126. The number of aliphatic hydroxyl groups is 1. The average Bonchev–Trinajstić information content (AvgIpc) is 2.34. The Bertz CT molecular complexity index is 317. The molecule has 0 atom stereocenters. The van der Waals surface area contributed by atoms with Gasteiger partial charge in [0.05, 0.1) is 6.61 Å². The van der Waals surface area contributed by atoms with Gasteiger partial charge in [0.1, 0.15) is 5.60 Å². The van der Waals surface area contributed by atoms with Crippen LogP contribution in [0.3, 0.4) is 0 Å². The normalized spacial score (nSPS) is 17.2. The average molecular weight is 272 g/mol. The van der Waals surface area contributed by atoms with Gasteiger partial charge in [-0.1, -0.05) is 0 Å². The summed E-state index contributed by atoms with van der Waals surface area (Å²) in [5.41, 5.74) is -0.494. The molecule has 0 aromatic carbocycles. The molecule has 1 fully saturated rings. The number of ether oxygens (including phenoxy) is 1. The Kier molecular flexibility index (Phi) is 5.60. The van der Waals surface area contributed by atoms with E-state index >= 15 is 0 Å². The third-order valence-corrected chi connectivity index (χ3v) is 2.93. The summed E-state index contributed by atoms with van der Waals surface area (Å²) in [5, 5.41) is 11.3. The van der Waals surface area contributed by atoms with E-state index in [0.717, 1.165) is 0 Å². The molecule has 2 amide bonds. The van der Waals surface area contributed by atoms with Crippen molar-refractivity contribution in [1.29, 1.82) is 0 Å². The molecule has 0 saturated carbocycles. The van der Waals surface area contributed by atoms with E-state index in [0.29, 0.717) is 25.9 Å². The molecule has 1 rings (SSSR count). The fraction of sp³-hybridized carbons (Fsp3) is 0.846. The summed E-state index contributed by atoms with van der Waals surface area (Å²) >= 11 is 0. The van der Waals surface area contributed by atoms with Crippen molar-refractivity contribution in [3.63, 3.8) is 0 Å². The van der Waals surface area contributed by atoms with Gasteiger partial charge in [0.2, 0.25) is 5.91 Å². The first-order valence-corrected chi connectivity index (χ1v) is 6.70. The molecule has 1 aliphatic heterocycles. The maximum absolute atomic E-state index is 11.8. The van der Waals surface area contributed by atoms with Crippen LogP contribution < -0.4 is 5.32 Å². The van der Waals surface area contributed by atoms with Crippen LogP contribution in [0.25, 0.3) is 0 Å². The van der Waals surface area contributed by atoms with Crippen molar-refractivity contribution >= 4 is 12.0 Å². The van der Waals surface area contributed by atoms with Gasteiger partial charge in [0.15, 0.2) is 0 Å². The highest BCUT2D eigenvalue weighted by Gasteiger charge is 2.29. The molecule has 1 saturated heterocycles. The summed E-state index contributed by atoms with van der Waals surface area (Å²) in [6.45, 7) is 6.80. The van der Waals surface area contributed by atoms with Crippen molar-refractivity contribution in [2.24, 2.45) is 5.92 Å². The van der Waals surface area contributed by atoms with Gasteiger partial charge in [0.25, 0.3) is 0 Å². The van der Waals surface area contributed by atoms with Gasteiger partial charge in [0, 0.05) is 25.6 Å². The van der Waals surface area contributed by atoms with Crippen molar-refractivity contribution < 1.29 is 19.4 Å². The molecule has 19 heavy (non-hydrogen) atoms. The summed E-state index contributed by atoms with van der Waals surface area (Å²) in [4.78, 5) is 25.2. The van der Waals surface area contributed by atoms with E-state index in [2.05, 4.69) is 5.32 Å². The van der Waals surface area contributed by atoms with Gasteiger partial charge < -0.3 is 20.1 Å². The van der Waals surface area contributed by atoms with E-state index in [4.69, 9.17) is 9.84 Å². The lowest BCUT2D eigenvalue weighted by Gasteiger charge is -2.32. The van der Waals surface area contributed by atoms with Crippen LogP contribution >= 0.6 is 0 Å². The van der Waals surface area contributed by atoms with E-state index in [-0.39, 0.29) is 31.1 Å². The summed E-state index contributed by atoms with van der Waals surface area (Å²) in [7, 11) is 0. The number of aliphatic hydroxyl groups excluding tert-OH is 1. The zero-order valence-corrected chi connectivity index (χ0v) is 11.9. The largest absolute Gasteiger partial charge is 0.444 e. The van der Waals surface area contributed by atoms with Crippen molar-refractivity contribution in [2.75, 3.05) is 26.2 Å².